The highest BCUT2D eigenvalue weighted by molar-refractivity contribution is 7.89. The average molecular weight is 510 g/mol. The molecule has 0 fully saturated rings. The number of fused-ring (bicyclic) bond motifs is 1. The lowest BCUT2D eigenvalue weighted by Gasteiger charge is -2.36. The summed E-state index contributed by atoms with van der Waals surface area (Å²) in [4.78, 5) is 24.8. The quantitative estimate of drug-likeness (QED) is 0.507. The summed E-state index contributed by atoms with van der Waals surface area (Å²) in [6.45, 7) is 3.98. The highest BCUT2D eigenvalue weighted by Crippen LogP contribution is 2.38. The smallest absolute Gasteiger partial charge is 0.245 e. The molecular formula is C28H35N3O4S. The Morgan fingerprint density at radius 2 is 1.89 bits per heavy atom. The monoisotopic (exact) mass is 509 g/mol. The number of nitrogens with one attached hydrogen (secondary N) is 2. The molecule has 0 aromatic heterocycles. The van der Waals surface area contributed by atoms with Crippen LogP contribution < -0.4 is 10.6 Å². The number of benzene rings is 2. The van der Waals surface area contributed by atoms with Crippen molar-refractivity contribution < 1.29 is 18.0 Å². The predicted octanol–water partition coefficient (Wildman–Crippen LogP) is 4.64. The van der Waals surface area contributed by atoms with Gasteiger partial charge in [0.25, 0.3) is 0 Å². The molecule has 1 aliphatic carbocycles. The topological polar surface area (TPSA) is 95.6 Å². The molecule has 0 radical (unpaired) electrons. The second-order valence-corrected chi connectivity index (χ2v) is 11.5. The van der Waals surface area contributed by atoms with Crippen LogP contribution in [0.2, 0.25) is 0 Å². The van der Waals surface area contributed by atoms with Crippen molar-refractivity contribution in [2.24, 2.45) is 0 Å². The van der Waals surface area contributed by atoms with E-state index < -0.39 is 16.1 Å². The number of aryl methyl sites for hydroxylation is 1. The number of nitrogens with zero attached hydrogens (tertiary/aromatic N) is 1. The Labute approximate surface area is 214 Å². The first-order valence-electron chi connectivity index (χ1n) is 12.7. The van der Waals surface area contributed by atoms with Gasteiger partial charge < -0.3 is 10.6 Å². The van der Waals surface area contributed by atoms with Crippen molar-refractivity contribution in [2.75, 3.05) is 18.4 Å². The summed E-state index contributed by atoms with van der Waals surface area (Å²) in [7, 11) is -4.01. The first kappa shape index (κ1) is 26.1. The fourth-order valence-corrected chi connectivity index (χ4v) is 6.97. The van der Waals surface area contributed by atoms with Gasteiger partial charge >= 0.3 is 0 Å². The van der Waals surface area contributed by atoms with Crippen molar-refractivity contribution in [1.29, 1.82) is 0 Å². The van der Waals surface area contributed by atoms with Gasteiger partial charge in [-0.2, -0.15) is 4.31 Å². The van der Waals surface area contributed by atoms with Crippen LogP contribution in [-0.2, 0) is 26.0 Å². The summed E-state index contributed by atoms with van der Waals surface area (Å²) < 4.78 is 29.4. The molecule has 8 heteroatoms. The summed E-state index contributed by atoms with van der Waals surface area (Å²) >= 11 is 0. The third-order valence-electron chi connectivity index (χ3n) is 6.93. The molecule has 0 saturated heterocycles. The highest BCUT2D eigenvalue weighted by atomic mass is 32.2. The van der Waals surface area contributed by atoms with Crippen molar-refractivity contribution in [3.8, 4) is 0 Å². The van der Waals surface area contributed by atoms with Gasteiger partial charge in [-0.1, -0.05) is 42.0 Å². The van der Waals surface area contributed by atoms with Crippen LogP contribution in [-0.4, -0.2) is 37.6 Å². The molecule has 2 aliphatic rings. The van der Waals surface area contributed by atoms with Crippen LogP contribution in [0.15, 0.2) is 59.0 Å². The van der Waals surface area contributed by atoms with Crippen molar-refractivity contribution in [2.45, 2.75) is 69.7 Å². The molecule has 0 saturated carbocycles. The Balaban J connectivity index is 1.60. The molecule has 7 nitrogen and oxygen atoms in total. The largest absolute Gasteiger partial charge is 0.356 e. The van der Waals surface area contributed by atoms with Gasteiger partial charge in [0.2, 0.25) is 21.8 Å². The molecule has 0 spiro atoms. The Hall–Kier alpha value is -2.97. The van der Waals surface area contributed by atoms with Gasteiger partial charge in [0, 0.05) is 26.4 Å². The lowest BCUT2D eigenvalue weighted by atomic mass is 9.92. The van der Waals surface area contributed by atoms with Crippen LogP contribution in [0.5, 0.6) is 0 Å². The first-order valence-corrected chi connectivity index (χ1v) is 14.1. The normalized spacial score (nSPS) is 18.2. The molecule has 2 amide bonds. The number of hydrogen-bond donors (Lipinski definition) is 2. The number of rotatable bonds is 8. The summed E-state index contributed by atoms with van der Waals surface area (Å²) in [6, 6.07) is 12.1. The van der Waals surface area contributed by atoms with E-state index in [2.05, 4.69) is 16.7 Å². The second kappa shape index (κ2) is 11.4. The number of hydrogen-bond acceptors (Lipinski definition) is 4. The lowest BCUT2D eigenvalue weighted by molar-refractivity contribution is -0.122. The standard InChI is InChI=1S/C28H35N3O4S/c1-20-12-13-25(30-21(2)32)27(18-20)36(34,35)31-17-15-23-10-6-7-11-24(23)26(31)19-28(33)29-16-14-22-8-4-3-5-9-22/h6-8,10-13,18,26H,3-5,9,14-17,19H2,1-2H3,(H,29,33)(H,30,32). The van der Waals surface area contributed by atoms with E-state index in [1.165, 1.54) is 29.6 Å². The predicted molar refractivity (Wildman–Crippen MR) is 141 cm³/mol. The maximum atomic E-state index is 14.0. The minimum Gasteiger partial charge on any atom is -0.356 e. The zero-order chi connectivity index (χ0) is 25.7. The number of allylic oxidation sites excluding steroid dienone is 1. The number of anilines is 1. The zero-order valence-electron chi connectivity index (χ0n) is 21.0. The molecule has 0 bridgehead atoms. The number of carbonyl (C=O) groups is 2. The van der Waals surface area contributed by atoms with Crippen LogP contribution in [0.25, 0.3) is 0 Å². The molecule has 36 heavy (non-hydrogen) atoms. The van der Waals surface area contributed by atoms with Gasteiger partial charge in [-0.25, -0.2) is 8.42 Å². The zero-order valence-corrected chi connectivity index (χ0v) is 21.9. The van der Waals surface area contributed by atoms with Gasteiger partial charge in [0.15, 0.2) is 0 Å². The van der Waals surface area contributed by atoms with Crippen LogP contribution in [0, 0.1) is 6.92 Å². The molecule has 1 heterocycles. The van der Waals surface area contributed by atoms with E-state index in [1.807, 2.05) is 31.2 Å². The van der Waals surface area contributed by atoms with Crippen LogP contribution >= 0.6 is 0 Å². The van der Waals surface area contributed by atoms with Crippen LogP contribution in [0.4, 0.5) is 5.69 Å². The molecule has 2 aromatic rings. The Morgan fingerprint density at radius 1 is 1.08 bits per heavy atom. The number of amides is 2. The Kier molecular flexibility index (Phi) is 8.26. The van der Waals surface area contributed by atoms with Crippen molar-refractivity contribution >= 4 is 27.5 Å². The van der Waals surface area contributed by atoms with E-state index in [4.69, 9.17) is 0 Å². The van der Waals surface area contributed by atoms with Gasteiger partial charge in [0.1, 0.15) is 4.90 Å². The highest BCUT2D eigenvalue weighted by Gasteiger charge is 2.38. The van der Waals surface area contributed by atoms with Gasteiger partial charge in [0.05, 0.1) is 11.7 Å². The van der Waals surface area contributed by atoms with E-state index in [0.29, 0.717) is 13.0 Å². The summed E-state index contributed by atoms with van der Waals surface area (Å²) in [5.74, 6) is -0.511. The molecule has 1 atom stereocenters. The van der Waals surface area contributed by atoms with E-state index >= 15 is 0 Å². The molecule has 1 aliphatic heterocycles. The van der Waals surface area contributed by atoms with E-state index in [9.17, 15) is 18.0 Å². The van der Waals surface area contributed by atoms with Gasteiger partial charge in [-0.3, -0.25) is 9.59 Å². The van der Waals surface area contributed by atoms with Crippen LogP contribution in [0.1, 0.15) is 68.2 Å². The molecule has 192 valence electrons. The third kappa shape index (κ3) is 6.05. The van der Waals surface area contributed by atoms with Crippen molar-refractivity contribution in [3.63, 3.8) is 0 Å². The maximum Gasteiger partial charge on any atom is 0.245 e. The van der Waals surface area contributed by atoms with Gasteiger partial charge in [-0.15, -0.1) is 0 Å². The molecular weight excluding hydrogens is 474 g/mol. The molecule has 4 rings (SSSR count). The molecule has 1 unspecified atom stereocenters. The van der Waals surface area contributed by atoms with Gasteiger partial charge in [-0.05, 0) is 74.3 Å². The van der Waals surface area contributed by atoms with Crippen molar-refractivity contribution in [1.82, 2.24) is 9.62 Å². The average Bonchev–Trinajstić information content (AvgIpc) is 2.85. The fourth-order valence-electron chi connectivity index (χ4n) is 5.13. The van der Waals surface area contributed by atoms with Crippen molar-refractivity contribution in [3.05, 3.63) is 70.8 Å². The van der Waals surface area contributed by atoms with Crippen LogP contribution in [0.3, 0.4) is 0 Å². The molecule has 2 aromatic carbocycles. The molecule has 2 N–H and O–H groups in total. The van der Waals surface area contributed by atoms with E-state index in [1.54, 1.807) is 18.2 Å². The Bertz CT molecular complexity index is 1270. The minimum absolute atomic E-state index is 0.0383. The Morgan fingerprint density at radius 3 is 2.64 bits per heavy atom. The third-order valence-corrected chi connectivity index (χ3v) is 8.88. The second-order valence-electron chi connectivity index (χ2n) is 9.67. The first-order chi connectivity index (χ1) is 17.3. The summed E-state index contributed by atoms with van der Waals surface area (Å²) in [6.07, 6.45) is 8.32. The maximum absolute atomic E-state index is 14.0. The van der Waals surface area contributed by atoms with E-state index in [0.717, 1.165) is 36.0 Å². The summed E-state index contributed by atoms with van der Waals surface area (Å²) in [5, 5.41) is 5.66. The summed E-state index contributed by atoms with van der Waals surface area (Å²) in [5.41, 5.74) is 4.31. The minimum atomic E-state index is -4.01. The fraction of sp³-hybridized carbons (Fsp3) is 0.429. The van der Waals surface area contributed by atoms with E-state index in [-0.39, 0.29) is 35.4 Å². The number of sulfonamides is 1. The number of carbonyl (C=O) groups excluding carboxylic acids is 2. The SMILES string of the molecule is CC(=O)Nc1ccc(C)cc1S(=O)(=O)N1CCc2ccccc2C1CC(=O)NCCC1=CCCCC1. The lowest BCUT2D eigenvalue weighted by Crippen LogP contribution is -2.42.